The molecule has 6 nitrogen and oxygen atoms in total. The lowest BCUT2D eigenvalue weighted by molar-refractivity contribution is 0.414. The second-order valence-electron chi connectivity index (χ2n) is 7.46. The highest BCUT2D eigenvalue weighted by atomic mass is 16.5. The number of hydrogen-bond donors (Lipinski definition) is 1. The molecule has 4 rings (SSSR count). The zero-order valence-electron chi connectivity index (χ0n) is 16.1. The molecule has 1 atom stereocenters. The van der Waals surface area contributed by atoms with Crippen LogP contribution in [0.3, 0.4) is 0 Å². The number of piperidine rings is 1. The third-order valence-electron chi connectivity index (χ3n) is 5.62. The van der Waals surface area contributed by atoms with Crippen molar-refractivity contribution in [2.75, 3.05) is 55.0 Å². The Morgan fingerprint density at radius 1 is 1.07 bits per heavy atom. The van der Waals surface area contributed by atoms with Crippen LogP contribution in [-0.4, -0.2) is 49.8 Å². The van der Waals surface area contributed by atoms with Gasteiger partial charge in [-0.15, -0.1) is 0 Å². The summed E-state index contributed by atoms with van der Waals surface area (Å²) in [5, 5.41) is 3.53. The Labute approximate surface area is 161 Å². The summed E-state index contributed by atoms with van der Waals surface area (Å²) in [4.78, 5) is 13.7. The molecule has 2 aliphatic rings. The van der Waals surface area contributed by atoms with E-state index in [1.165, 1.54) is 31.4 Å². The highest BCUT2D eigenvalue weighted by Crippen LogP contribution is 2.32. The van der Waals surface area contributed by atoms with Gasteiger partial charge in [0.1, 0.15) is 23.7 Å². The van der Waals surface area contributed by atoms with Crippen LogP contribution in [0.5, 0.6) is 5.75 Å². The smallest absolute Gasteiger partial charge is 0.142 e. The van der Waals surface area contributed by atoms with Crippen molar-refractivity contribution in [3.05, 3.63) is 36.7 Å². The number of methoxy groups -OCH3 is 1. The van der Waals surface area contributed by atoms with Crippen molar-refractivity contribution in [2.24, 2.45) is 5.92 Å². The zero-order chi connectivity index (χ0) is 18.5. The molecular weight excluding hydrogens is 338 g/mol. The first-order valence-electron chi connectivity index (χ1n) is 10.0. The van der Waals surface area contributed by atoms with Crippen LogP contribution in [0.1, 0.15) is 25.7 Å². The van der Waals surface area contributed by atoms with Crippen molar-refractivity contribution in [3.8, 4) is 5.75 Å². The highest BCUT2D eigenvalue weighted by Gasteiger charge is 2.24. The van der Waals surface area contributed by atoms with E-state index in [-0.39, 0.29) is 0 Å². The second kappa shape index (κ2) is 8.46. The second-order valence-corrected chi connectivity index (χ2v) is 7.46. The number of para-hydroxylation sites is 2. The number of anilines is 3. The lowest BCUT2D eigenvalue weighted by Crippen LogP contribution is -2.30. The Hall–Kier alpha value is -2.50. The first kappa shape index (κ1) is 17.9. The number of aromatic nitrogens is 2. The molecule has 0 amide bonds. The van der Waals surface area contributed by atoms with E-state index in [9.17, 15) is 0 Å². The molecule has 3 heterocycles. The average Bonchev–Trinajstić information content (AvgIpc) is 3.22. The van der Waals surface area contributed by atoms with Gasteiger partial charge >= 0.3 is 0 Å². The van der Waals surface area contributed by atoms with Gasteiger partial charge in [-0.3, -0.25) is 0 Å². The Bertz CT molecular complexity index is 747. The molecule has 0 bridgehead atoms. The van der Waals surface area contributed by atoms with E-state index < -0.39 is 0 Å². The van der Waals surface area contributed by atoms with E-state index in [2.05, 4.69) is 43.3 Å². The molecule has 0 spiro atoms. The average molecular weight is 367 g/mol. The van der Waals surface area contributed by atoms with Crippen molar-refractivity contribution in [3.63, 3.8) is 0 Å². The highest BCUT2D eigenvalue weighted by molar-refractivity contribution is 5.59. The molecule has 144 valence electrons. The van der Waals surface area contributed by atoms with Crippen LogP contribution in [0, 0.1) is 5.92 Å². The zero-order valence-corrected chi connectivity index (χ0v) is 16.1. The van der Waals surface area contributed by atoms with Crippen molar-refractivity contribution >= 4 is 17.3 Å². The predicted octanol–water partition coefficient (Wildman–Crippen LogP) is 3.41. The van der Waals surface area contributed by atoms with Gasteiger partial charge in [0.15, 0.2) is 0 Å². The van der Waals surface area contributed by atoms with Crippen molar-refractivity contribution in [1.82, 2.24) is 9.97 Å². The van der Waals surface area contributed by atoms with E-state index in [4.69, 9.17) is 4.74 Å². The standard InChI is InChI=1S/C21H29N5O/c1-27-19-8-4-3-7-18(19)26-12-9-17(15-26)14-22-20-13-21(24-16-23-20)25-10-5-2-6-11-25/h3-4,7-8,13,16-17H,2,5-6,9-12,14-15H2,1H3,(H,22,23,24). The number of benzene rings is 1. The number of rotatable bonds is 6. The fourth-order valence-electron chi connectivity index (χ4n) is 4.10. The topological polar surface area (TPSA) is 53.5 Å². The van der Waals surface area contributed by atoms with Gasteiger partial charge in [0.25, 0.3) is 0 Å². The minimum Gasteiger partial charge on any atom is -0.495 e. The summed E-state index contributed by atoms with van der Waals surface area (Å²) < 4.78 is 5.51. The fraction of sp³-hybridized carbons (Fsp3) is 0.524. The van der Waals surface area contributed by atoms with Crippen molar-refractivity contribution in [2.45, 2.75) is 25.7 Å². The van der Waals surface area contributed by atoms with Crippen LogP contribution in [0.25, 0.3) is 0 Å². The van der Waals surface area contributed by atoms with Crippen molar-refractivity contribution in [1.29, 1.82) is 0 Å². The van der Waals surface area contributed by atoms with Crippen LogP contribution in [0.4, 0.5) is 17.3 Å². The largest absolute Gasteiger partial charge is 0.495 e. The lowest BCUT2D eigenvalue weighted by atomic mass is 10.1. The SMILES string of the molecule is COc1ccccc1N1CCC(CNc2cc(N3CCCCC3)ncn2)C1. The summed E-state index contributed by atoms with van der Waals surface area (Å²) in [5.74, 6) is 3.53. The van der Waals surface area contributed by atoms with E-state index in [1.54, 1.807) is 13.4 Å². The Balaban J connectivity index is 1.33. The summed E-state index contributed by atoms with van der Waals surface area (Å²) in [5.41, 5.74) is 1.19. The third-order valence-corrected chi connectivity index (χ3v) is 5.62. The van der Waals surface area contributed by atoms with E-state index in [1.807, 2.05) is 12.1 Å². The Morgan fingerprint density at radius 2 is 1.93 bits per heavy atom. The van der Waals surface area contributed by atoms with Gasteiger partial charge < -0.3 is 19.9 Å². The molecule has 1 unspecified atom stereocenters. The summed E-state index contributed by atoms with van der Waals surface area (Å²) in [6.45, 7) is 5.24. The van der Waals surface area contributed by atoms with E-state index >= 15 is 0 Å². The normalized spacial score (nSPS) is 20.0. The molecule has 27 heavy (non-hydrogen) atoms. The van der Waals surface area contributed by atoms with Crippen LogP contribution in [0.15, 0.2) is 36.7 Å². The molecule has 0 aliphatic carbocycles. The maximum atomic E-state index is 5.51. The van der Waals surface area contributed by atoms with Crippen molar-refractivity contribution < 1.29 is 4.74 Å². The summed E-state index contributed by atoms with van der Waals surface area (Å²) in [7, 11) is 1.74. The first-order chi connectivity index (χ1) is 13.3. The molecule has 2 aromatic rings. The minimum absolute atomic E-state index is 0.600. The molecule has 2 saturated heterocycles. The van der Waals surface area contributed by atoms with Crippen LogP contribution in [-0.2, 0) is 0 Å². The predicted molar refractivity (Wildman–Crippen MR) is 110 cm³/mol. The Kier molecular flexibility index (Phi) is 5.61. The van der Waals surface area contributed by atoms with Gasteiger partial charge in [-0.25, -0.2) is 9.97 Å². The minimum atomic E-state index is 0.600. The molecule has 6 heteroatoms. The fourth-order valence-corrected chi connectivity index (χ4v) is 4.10. The maximum absolute atomic E-state index is 5.51. The quantitative estimate of drug-likeness (QED) is 0.844. The van der Waals surface area contributed by atoms with E-state index in [0.717, 1.165) is 50.1 Å². The molecule has 1 N–H and O–H groups in total. The molecule has 1 aromatic carbocycles. The summed E-state index contributed by atoms with van der Waals surface area (Å²) >= 11 is 0. The Morgan fingerprint density at radius 3 is 2.78 bits per heavy atom. The summed E-state index contributed by atoms with van der Waals surface area (Å²) in [6.07, 6.45) is 6.70. The van der Waals surface area contributed by atoms with Gasteiger partial charge in [0.05, 0.1) is 12.8 Å². The van der Waals surface area contributed by atoms with Gasteiger partial charge in [-0.05, 0) is 43.7 Å². The lowest BCUT2D eigenvalue weighted by Gasteiger charge is -2.27. The molecule has 0 radical (unpaired) electrons. The van der Waals surface area contributed by atoms with Crippen LogP contribution >= 0.6 is 0 Å². The number of nitrogens with zero attached hydrogens (tertiary/aromatic N) is 4. The molecular formula is C21H29N5O. The molecule has 2 aliphatic heterocycles. The van der Waals surface area contributed by atoms with E-state index in [0.29, 0.717) is 5.92 Å². The molecule has 0 saturated carbocycles. The number of ether oxygens (including phenoxy) is 1. The van der Waals surface area contributed by atoms with Gasteiger partial charge in [-0.1, -0.05) is 12.1 Å². The van der Waals surface area contributed by atoms with Crippen LogP contribution < -0.4 is 19.9 Å². The third kappa shape index (κ3) is 4.26. The van der Waals surface area contributed by atoms with Gasteiger partial charge in [0, 0.05) is 38.8 Å². The number of nitrogens with one attached hydrogen (secondary N) is 1. The first-order valence-corrected chi connectivity index (χ1v) is 10.0. The maximum Gasteiger partial charge on any atom is 0.142 e. The monoisotopic (exact) mass is 367 g/mol. The van der Waals surface area contributed by atoms with Gasteiger partial charge in [0.2, 0.25) is 0 Å². The molecule has 2 fully saturated rings. The number of hydrogen-bond acceptors (Lipinski definition) is 6. The van der Waals surface area contributed by atoms with Crippen LogP contribution in [0.2, 0.25) is 0 Å². The van der Waals surface area contributed by atoms with Gasteiger partial charge in [-0.2, -0.15) is 0 Å². The molecule has 1 aromatic heterocycles. The summed E-state index contributed by atoms with van der Waals surface area (Å²) in [6, 6.07) is 10.4.